The van der Waals surface area contributed by atoms with Gasteiger partial charge in [0.1, 0.15) is 23.8 Å². The summed E-state index contributed by atoms with van der Waals surface area (Å²) < 4.78 is 31.7. The Balaban J connectivity index is 0.00000161. The van der Waals surface area contributed by atoms with Crippen molar-refractivity contribution in [3.63, 3.8) is 0 Å². The van der Waals surface area contributed by atoms with E-state index in [4.69, 9.17) is 37.9 Å². The van der Waals surface area contributed by atoms with Gasteiger partial charge in [0.2, 0.25) is 23.6 Å². The zero-order valence-corrected chi connectivity index (χ0v) is 27.0. The van der Waals surface area contributed by atoms with Crippen LogP contribution in [-0.4, -0.2) is 77.8 Å². The number of carbonyl (C=O) groups is 5. The fraction of sp³-hybridized carbons (Fsp3) is 0.344. The summed E-state index contributed by atoms with van der Waals surface area (Å²) in [5.41, 5.74) is 18.4. The highest BCUT2D eigenvalue weighted by Crippen LogP contribution is 2.14. The van der Waals surface area contributed by atoms with Gasteiger partial charge in [0.15, 0.2) is 5.96 Å². The van der Waals surface area contributed by atoms with Crippen molar-refractivity contribution in [2.75, 3.05) is 13.1 Å². The minimum atomic E-state index is -5.08. The van der Waals surface area contributed by atoms with E-state index in [1.54, 1.807) is 24.3 Å². The number of carbonyl (C=O) groups excluding carboxylic acids is 4. The molecule has 0 heterocycles. The lowest BCUT2D eigenvalue weighted by Gasteiger charge is -2.24. The molecule has 2 aromatic carbocycles. The van der Waals surface area contributed by atoms with Crippen LogP contribution in [0.1, 0.15) is 36.0 Å². The van der Waals surface area contributed by atoms with Crippen molar-refractivity contribution in [1.29, 1.82) is 10.8 Å². The molecule has 0 saturated carbocycles. The molecule has 0 aromatic heterocycles. The van der Waals surface area contributed by atoms with Crippen LogP contribution in [0, 0.1) is 16.7 Å². The van der Waals surface area contributed by atoms with Crippen LogP contribution >= 0.6 is 0 Å². The minimum Gasteiger partial charge on any atom is -0.475 e. The number of amides is 4. The Bertz CT molecular complexity index is 1490. The first-order valence-corrected chi connectivity index (χ1v) is 15.1. The zero-order chi connectivity index (χ0) is 37.9. The summed E-state index contributed by atoms with van der Waals surface area (Å²) in [7, 11) is 0. The van der Waals surface area contributed by atoms with Gasteiger partial charge in [-0.25, -0.2) is 4.79 Å². The third-order valence-electron chi connectivity index (χ3n) is 6.84. The van der Waals surface area contributed by atoms with E-state index >= 15 is 0 Å². The van der Waals surface area contributed by atoms with E-state index in [9.17, 15) is 32.3 Å². The van der Waals surface area contributed by atoms with Gasteiger partial charge in [-0.3, -0.25) is 30.0 Å². The number of aryl methyl sites for hydroxylation is 1. The fourth-order valence-electron chi connectivity index (χ4n) is 4.24. The van der Waals surface area contributed by atoms with Gasteiger partial charge in [-0.2, -0.15) is 13.2 Å². The molecule has 4 amide bonds. The minimum absolute atomic E-state index is 0.0209. The lowest BCUT2D eigenvalue weighted by molar-refractivity contribution is -0.192. The highest BCUT2D eigenvalue weighted by Gasteiger charge is 2.38. The molecule has 18 heteroatoms. The molecule has 0 radical (unpaired) electrons. The number of rotatable bonds is 18. The Hall–Kier alpha value is -5.94. The van der Waals surface area contributed by atoms with Crippen molar-refractivity contribution < 1.29 is 42.3 Å². The highest BCUT2D eigenvalue weighted by molar-refractivity contribution is 6.02. The first-order chi connectivity index (χ1) is 23.5. The number of nitrogens with one attached hydrogen (secondary N) is 6. The summed E-state index contributed by atoms with van der Waals surface area (Å²) in [4.78, 5) is 61.1. The Morgan fingerprint density at radius 3 is 1.90 bits per heavy atom. The maximum atomic E-state index is 13.6. The van der Waals surface area contributed by atoms with Crippen LogP contribution in [0.4, 0.5) is 13.2 Å². The molecule has 0 saturated heterocycles. The van der Waals surface area contributed by atoms with E-state index in [1.807, 2.05) is 30.3 Å². The van der Waals surface area contributed by atoms with Crippen LogP contribution in [0.2, 0.25) is 0 Å². The molecule has 0 aliphatic heterocycles. The van der Waals surface area contributed by atoms with Gasteiger partial charge in [0.05, 0.1) is 0 Å². The summed E-state index contributed by atoms with van der Waals surface area (Å²) in [5, 5.41) is 32.6. The molecule has 2 aromatic rings. The predicted molar refractivity (Wildman–Crippen MR) is 179 cm³/mol. The number of guanidine groups is 1. The van der Waals surface area contributed by atoms with Crippen molar-refractivity contribution in [2.45, 2.75) is 50.4 Å². The number of hydrogen-bond acceptors (Lipinski definition) is 7. The highest BCUT2D eigenvalue weighted by atomic mass is 19.4. The Labute approximate surface area is 286 Å². The van der Waals surface area contributed by atoms with Crippen molar-refractivity contribution in [3.05, 3.63) is 83.9 Å². The van der Waals surface area contributed by atoms with E-state index in [-0.39, 0.29) is 37.6 Å². The van der Waals surface area contributed by atoms with Crippen LogP contribution in [0.25, 0.3) is 0 Å². The molecule has 3 atom stereocenters. The van der Waals surface area contributed by atoms with Gasteiger partial charge in [0.25, 0.3) is 0 Å². The number of alkyl halides is 3. The molecule has 15 nitrogen and oxygen atoms in total. The fourth-order valence-corrected chi connectivity index (χ4v) is 4.24. The topological polar surface area (TPSA) is 279 Å². The molecule has 0 fully saturated rings. The molecule has 0 aliphatic rings. The molecule has 0 bridgehead atoms. The number of amidine groups is 1. The van der Waals surface area contributed by atoms with Crippen molar-refractivity contribution in [2.24, 2.45) is 23.1 Å². The molecule has 0 spiro atoms. The number of carboxylic acid groups (broad SMARTS) is 1. The summed E-state index contributed by atoms with van der Waals surface area (Å²) in [5.74, 6) is -6.88. The SMILES string of the molecule is C=CCNC(=O)C(Cc1ccc(C(=N)N)cc1)C(=O)N[C@@H](CCc1ccccc1)C(=O)N[C@@H](CCCNC(=N)N)C(N)=O.O=C(O)C(F)(F)F. The smallest absolute Gasteiger partial charge is 0.475 e. The number of carboxylic acids is 1. The van der Waals surface area contributed by atoms with Gasteiger partial charge >= 0.3 is 12.1 Å². The number of hydrogen-bond donors (Lipinski definition) is 10. The summed E-state index contributed by atoms with van der Waals surface area (Å²) in [6, 6.07) is 13.9. The third-order valence-corrected chi connectivity index (χ3v) is 6.84. The van der Waals surface area contributed by atoms with Crippen molar-refractivity contribution >= 4 is 41.4 Å². The van der Waals surface area contributed by atoms with Crippen molar-refractivity contribution in [3.8, 4) is 0 Å². The Morgan fingerprint density at radius 1 is 0.820 bits per heavy atom. The number of aliphatic carboxylic acids is 1. The number of primary amides is 1. The Kier molecular flexibility index (Phi) is 17.8. The predicted octanol–water partition coefficient (Wildman–Crippen LogP) is 0.416. The summed E-state index contributed by atoms with van der Waals surface area (Å²) in [6.45, 7) is 4.04. The second-order valence-electron chi connectivity index (χ2n) is 10.7. The van der Waals surface area contributed by atoms with E-state index in [1.165, 1.54) is 6.08 Å². The number of benzene rings is 2. The molecule has 272 valence electrons. The standard InChI is InChI=1S/C30H41N9O4.C2HF3O2/c1-2-16-36-27(41)22(18-20-10-13-21(14-11-20)25(31)32)28(42)39-24(15-12-19-7-4-3-5-8-19)29(43)38-23(26(33)40)9-6-17-37-30(34)35;3-2(4,5)1(6)7/h2-5,7-8,10-11,13-14,22-24H,1,6,9,12,15-18H2,(H3,31,32)(H2,33,40)(H,36,41)(H,38,43)(H,39,42)(H4,34,35,37);(H,6,7)/t22?,23-,24-;/m0./s1. The third kappa shape index (κ3) is 16.2. The second kappa shape index (κ2) is 21.1. The largest absolute Gasteiger partial charge is 0.490 e. The van der Waals surface area contributed by atoms with Gasteiger partial charge in [-0.1, -0.05) is 60.7 Å². The lowest BCUT2D eigenvalue weighted by atomic mass is 9.95. The summed E-state index contributed by atoms with van der Waals surface area (Å²) >= 11 is 0. The normalized spacial score (nSPS) is 12.4. The van der Waals surface area contributed by atoms with E-state index in [2.05, 4.69) is 27.8 Å². The molecule has 1 unspecified atom stereocenters. The monoisotopic (exact) mass is 705 g/mol. The quantitative estimate of drug-likeness (QED) is 0.0338. The molecule has 50 heavy (non-hydrogen) atoms. The number of nitrogen functional groups attached to an aromatic ring is 1. The van der Waals surface area contributed by atoms with Crippen LogP contribution in [0.15, 0.2) is 67.3 Å². The Morgan fingerprint density at radius 2 is 1.40 bits per heavy atom. The second-order valence-corrected chi connectivity index (χ2v) is 10.7. The van der Waals surface area contributed by atoms with E-state index in [0.717, 1.165) is 5.56 Å². The maximum Gasteiger partial charge on any atom is 0.490 e. The van der Waals surface area contributed by atoms with E-state index in [0.29, 0.717) is 30.5 Å². The average molecular weight is 706 g/mol. The first kappa shape index (κ1) is 42.1. The van der Waals surface area contributed by atoms with Gasteiger partial charge in [0, 0.05) is 18.7 Å². The first-order valence-electron chi connectivity index (χ1n) is 15.1. The summed E-state index contributed by atoms with van der Waals surface area (Å²) in [6.07, 6.45) is -2.38. The van der Waals surface area contributed by atoms with Gasteiger partial charge in [-0.05, 0) is 43.2 Å². The van der Waals surface area contributed by atoms with Crippen LogP contribution in [0.5, 0.6) is 0 Å². The zero-order valence-electron chi connectivity index (χ0n) is 27.0. The van der Waals surface area contributed by atoms with Crippen molar-refractivity contribution in [1.82, 2.24) is 21.3 Å². The molecular formula is C32H42F3N9O6. The van der Waals surface area contributed by atoms with Gasteiger partial charge < -0.3 is 43.6 Å². The maximum absolute atomic E-state index is 13.6. The van der Waals surface area contributed by atoms with Gasteiger partial charge in [-0.15, -0.1) is 6.58 Å². The average Bonchev–Trinajstić information content (AvgIpc) is 3.05. The molecule has 2 rings (SSSR count). The van der Waals surface area contributed by atoms with Crippen LogP contribution in [-0.2, 0) is 36.8 Å². The van der Waals surface area contributed by atoms with Crippen LogP contribution < -0.4 is 38.5 Å². The lowest BCUT2D eigenvalue weighted by Crippen LogP contribution is -2.55. The molecular weight excluding hydrogens is 663 g/mol. The molecule has 0 aliphatic carbocycles. The number of halogens is 3. The van der Waals surface area contributed by atoms with E-state index < -0.39 is 53.8 Å². The molecule has 13 N–H and O–H groups in total. The number of nitrogens with two attached hydrogens (primary N) is 3. The van der Waals surface area contributed by atoms with Crippen LogP contribution in [0.3, 0.4) is 0 Å².